The predicted molar refractivity (Wildman–Crippen MR) is 102 cm³/mol. The predicted octanol–water partition coefficient (Wildman–Crippen LogP) is 2.75. The molecule has 1 N–H and O–H groups in total. The quantitative estimate of drug-likeness (QED) is 0.821. The second kappa shape index (κ2) is 7.34. The van der Waals surface area contributed by atoms with Crippen LogP contribution in [0.5, 0.6) is 0 Å². The summed E-state index contributed by atoms with van der Waals surface area (Å²) in [5.74, 6) is -0.918. The van der Waals surface area contributed by atoms with E-state index in [1.807, 2.05) is 6.07 Å². The molecule has 0 aromatic heterocycles. The molecule has 4 rings (SSSR count). The zero-order valence-corrected chi connectivity index (χ0v) is 15.4. The number of fused-ring (bicyclic) bond motifs is 3. The van der Waals surface area contributed by atoms with Crippen LogP contribution in [0.15, 0.2) is 42.5 Å². The Morgan fingerprint density at radius 2 is 1.86 bits per heavy atom. The molecule has 1 saturated heterocycles. The van der Waals surface area contributed by atoms with E-state index in [1.165, 1.54) is 7.11 Å². The van der Waals surface area contributed by atoms with Gasteiger partial charge in [-0.15, -0.1) is 0 Å². The molecule has 1 fully saturated rings. The summed E-state index contributed by atoms with van der Waals surface area (Å²) < 4.78 is 10.0. The Hall–Kier alpha value is -3.35. The van der Waals surface area contributed by atoms with Crippen LogP contribution in [0.2, 0.25) is 0 Å². The molecular formula is C21H20N2O5. The van der Waals surface area contributed by atoms with Gasteiger partial charge < -0.3 is 19.7 Å². The number of carbonyl (C=O) groups is 3. The van der Waals surface area contributed by atoms with Crippen LogP contribution in [-0.2, 0) is 20.9 Å². The molecule has 7 nitrogen and oxygen atoms in total. The molecule has 7 heteroatoms. The largest absolute Gasteiger partial charge is 0.465 e. The Morgan fingerprint density at radius 1 is 1.11 bits per heavy atom. The van der Waals surface area contributed by atoms with Gasteiger partial charge in [0.2, 0.25) is 5.91 Å². The lowest BCUT2D eigenvalue weighted by atomic mass is 10.1. The van der Waals surface area contributed by atoms with E-state index >= 15 is 0 Å². The van der Waals surface area contributed by atoms with Gasteiger partial charge in [-0.1, -0.05) is 12.1 Å². The molecule has 144 valence electrons. The Bertz CT molecular complexity index is 938. The number of rotatable bonds is 4. The van der Waals surface area contributed by atoms with Crippen LogP contribution in [-0.4, -0.2) is 37.5 Å². The fourth-order valence-corrected chi connectivity index (χ4v) is 3.64. The van der Waals surface area contributed by atoms with E-state index in [0.29, 0.717) is 16.8 Å². The van der Waals surface area contributed by atoms with Gasteiger partial charge in [-0.25, -0.2) is 9.59 Å². The Morgan fingerprint density at radius 3 is 2.61 bits per heavy atom. The second-order valence-electron chi connectivity index (χ2n) is 6.84. The zero-order chi connectivity index (χ0) is 19.7. The fourth-order valence-electron chi connectivity index (χ4n) is 3.64. The third kappa shape index (κ3) is 3.31. The standard InChI is InChI=1S/C21H20N2O5/c1-27-20(25)14-6-4-13(5-7-14)12-28-21(26)15-8-9-17-16(11-15)22-19(24)18-3-2-10-23(17)18/h4-9,11,18H,2-3,10,12H2,1H3,(H,22,24)/t18-/m1/s1. The number of hydrogen-bond donors (Lipinski definition) is 1. The molecule has 0 aliphatic carbocycles. The van der Waals surface area contributed by atoms with Gasteiger partial charge in [0.05, 0.1) is 29.6 Å². The lowest BCUT2D eigenvalue weighted by Gasteiger charge is -2.33. The number of benzene rings is 2. The van der Waals surface area contributed by atoms with Crippen molar-refractivity contribution in [1.29, 1.82) is 0 Å². The number of anilines is 2. The van der Waals surface area contributed by atoms with Crippen LogP contribution in [0.1, 0.15) is 39.1 Å². The van der Waals surface area contributed by atoms with Crippen LogP contribution >= 0.6 is 0 Å². The molecule has 2 aliphatic heterocycles. The normalized spacial score (nSPS) is 17.4. The highest BCUT2D eigenvalue weighted by atomic mass is 16.5. The van der Waals surface area contributed by atoms with Gasteiger partial charge >= 0.3 is 11.9 Å². The van der Waals surface area contributed by atoms with Crippen molar-refractivity contribution in [2.75, 3.05) is 23.9 Å². The molecule has 2 heterocycles. The highest BCUT2D eigenvalue weighted by molar-refractivity contribution is 6.05. The van der Waals surface area contributed by atoms with E-state index in [2.05, 4.69) is 15.0 Å². The molecule has 1 atom stereocenters. The number of ether oxygens (including phenoxy) is 2. The van der Waals surface area contributed by atoms with Crippen molar-refractivity contribution < 1.29 is 23.9 Å². The van der Waals surface area contributed by atoms with Gasteiger partial charge in [-0.3, -0.25) is 4.79 Å². The van der Waals surface area contributed by atoms with Crippen molar-refractivity contribution in [1.82, 2.24) is 0 Å². The molecule has 0 bridgehead atoms. The van der Waals surface area contributed by atoms with Crippen LogP contribution in [0.3, 0.4) is 0 Å². The summed E-state index contributed by atoms with van der Waals surface area (Å²) in [6.07, 6.45) is 1.83. The van der Waals surface area contributed by atoms with Crippen molar-refractivity contribution in [3.8, 4) is 0 Å². The minimum Gasteiger partial charge on any atom is -0.465 e. The topological polar surface area (TPSA) is 84.9 Å². The highest BCUT2D eigenvalue weighted by Crippen LogP contribution is 2.37. The zero-order valence-electron chi connectivity index (χ0n) is 15.4. The van der Waals surface area contributed by atoms with Crippen LogP contribution < -0.4 is 10.2 Å². The molecule has 2 aromatic rings. The lowest BCUT2D eigenvalue weighted by molar-refractivity contribution is -0.117. The monoisotopic (exact) mass is 380 g/mol. The molecule has 0 spiro atoms. The Kier molecular flexibility index (Phi) is 4.73. The molecular weight excluding hydrogens is 360 g/mol. The van der Waals surface area contributed by atoms with Gasteiger partial charge in [0.1, 0.15) is 12.6 Å². The first-order valence-corrected chi connectivity index (χ1v) is 9.13. The minimum absolute atomic E-state index is 0.0267. The summed E-state index contributed by atoms with van der Waals surface area (Å²) in [6.45, 7) is 0.925. The molecule has 2 aromatic carbocycles. The first-order valence-electron chi connectivity index (χ1n) is 9.13. The molecule has 28 heavy (non-hydrogen) atoms. The third-order valence-corrected chi connectivity index (χ3v) is 5.10. The number of hydrogen-bond acceptors (Lipinski definition) is 6. The summed E-state index contributed by atoms with van der Waals surface area (Å²) in [5.41, 5.74) is 3.15. The van der Waals surface area contributed by atoms with E-state index in [9.17, 15) is 14.4 Å². The molecule has 0 unspecified atom stereocenters. The van der Waals surface area contributed by atoms with E-state index in [-0.39, 0.29) is 18.6 Å². The van der Waals surface area contributed by atoms with E-state index in [4.69, 9.17) is 4.74 Å². The summed E-state index contributed by atoms with van der Waals surface area (Å²) in [4.78, 5) is 38.2. The minimum atomic E-state index is -0.474. The average Bonchev–Trinajstić information content (AvgIpc) is 3.22. The summed E-state index contributed by atoms with van der Waals surface area (Å²) in [6, 6.07) is 11.8. The SMILES string of the molecule is COC(=O)c1ccc(COC(=O)c2ccc3c(c2)NC(=O)[C@H]2CCCN32)cc1. The second-order valence-corrected chi connectivity index (χ2v) is 6.84. The van der Waals surface area contributed by atoms with Crippen LogP contribution in [0.4, 0.5) is 11.4 Å². The molecule has 0 saturated carbocycles. The maximum atomic E-state index is 12.4. The number of nitrogens with one attached hydrogen (secondary N) is 1. The Balaban J connectivity index is 1.44. The van der Waals surface area contributed by atoms with Gasteiger partial charge in [0.25, 0.3) is 0 Å². The average molecular weight is 380 g/mol. The fraction of sp³-hybridized carbons (Fsp3) is 0.286. The van der Waals surface area contributed by atoms with Crippen LogP contribution in [0.25, 0.3) is 0 Å². The maximum Gasteiger partial charge on any atom is 0.338 e. The summed E-state index contributed by atoms with van der Waals surface area (Å²) >= 11 is 0. The van der Waals surface area contributed by atoms with Gasteiger partial charge in [-0.2, -0.15) is 0 Å². The number of amides is 1. The number of carbonyl (C=O) groups excluding carboxylic acids is 3. The lowest BCUT2D eigenvalue weighted by Crippen LogP contribution is -2.43. The number of nitrogens with zero attached hydrogens (tertiary/aromatic N) is 1. The van der Waals surface area contributed by atoms with Gasteiger partial charge in [-0.05, 0) is 48.7 Å². The Labute approximate surface area is 162 Å². The summed E-state index contributed by atoms with van der Waals surface area (Å²) in [7, 11) is 1.32. The number of methoxy groups -OCH3 is 1. The van der Waals surface area contributed by atoms with E-state index in [1.54, 1.807) is 36.4 Å². The third-order valence-electron chi connectivity index (χ3n) is 5.10. The molecule has 2 aliphatic rings. The maximum absolute atomic E-state index is 12.4. The molecule has 0 radical (unpaired) electrons. The molecule has 1 amide bonds. The highest BCUT2D eigenvalue weighted by Gasteiger charge is 2.36. The van der Waals surface area contributed by atoms with Crippen molar-refractivity contribution in [3.63, 3.8) is 0 Å². The van der Waals surface area contributed by atoms with E-state index in [0.717, 1.165) is 30.6 Å². The van der Waals surface area contributed by atoms with Crippen molar-refractivity contribution >= 4 is 29.2 Å². The number of esters is 2. The summed E-state index contributed by atoms with van der Waals surface area (Å²) in [5, 5.41) is 2.89. The van der Waals surface area contributed by atoms with E-state index < -0.39 is 11.9 Å². The van der Waals surface area contributed by atoms with Crippen molar-refractivity contribution in [2.24, 2.45) is 0 Å². The van der Waals surface area contributed by atoms with Gasteiger partial charge in [0.15, 0.2) is 0 Å². The first kappa shape index (κ1) is 18.0. The van der Waals surface area contributed by atoms with Gasteiger partial charge in [0, 0.05) is 6.54 Å². The van der Waals surface area contributed by atoms with Crippen molar-refractivity contribution in [3.05, 3.63) is 59.2 Å². The smallest absolute Gasteiger partial charge is 0.338 e. The first-order chi connectivity index (χ1) is 13.6. The van der Waals surface area contributed by atoms with Crippen molar-refractivity contribution in [2.45, 2.75) is 25.5 Å². The van der Waals surface area contributed by atoms with Crippen LogP contribution in [0, 0.1) is 0 Å².